The summed E-state index contributed by atoms with van der Waals surface area (Å²) in [6.07, 6.45) is 3.12. The number of rotatable bonds is 7. The van der Waals surface area contributed by atoms with Gasteiger partial charge in [-0.25, -0.2) is 9.67 Å². The molecule has 2 aromatic carbocycles. The molecule has 8 nitrogen and oxygen atoms in total. The summed E-state index contributed by atoms with van der Waals surface area (Å²) in [5.74, 6) is 0.559. The standard InChI is InChI=1S/C23H23N5O3/c1-3-31-19-10-6-17(7-11-19)26-21(29)12-13-27-15-24-22-20(23(27)30)14-25-28(22)18-8-4-16(2)5-9-18/h4-11,14-15H,3,12-13H2,1-2H3,(H,26,29). The van der Waals surface area contributed by atoms with Gasteiger partial charge in [0, 0.05) is 18.7 Å². The molecule has 1 amide bonds. The van der Waals surface area contributed by atoms with Crippen molar-refractivity contribution < 1.29 is 9.53 Å². The minimum Gasteiger partial charge on any atom is -0.494 e. The summed E-state index contributed by atoms with van der Waals surface area (Å²) >= 11 is 0. The first-order valence-electron chi connectivity index (χ1n) is 10.1. The van der Waals surface area contributed by atoms with Gasteiger partial charge in [-0.3, -0.25) is 14.2 Å². The fraction of sp³-hybridized carbons (Fsp3) is 0.217. The molecule has 2 aromatic heterocycles. The molecule has 158 valence electrons. The molecule has 2 heterocycles. The van der Waals surface area contributed by atoms with E-state index >= 15 is 0 Å². The van der Waals surface area contributed by atoms with E-state index in [1.165, 1.54) is 17.1 Å². The van der Waals surface area contributed by atoms with E-state index in [1.54, 1.807) is 28.9 Å². The zero-order valence-corrected chi connectivity index (χ0v) is 17.4. The number of aromatic nitrogens is 4. The van der Waals surface area contributed by atoms with Crippen molar-refractivity contribution in [1.29, 1.82) is 0 Å². The molecule has 0 bridgehead atoms. The maximum absolute atomic E-state index is 12.8. The number of amides is 1. The highest BCUT2D eigenvalue weighted by Gasteiger charge is 2.12. The first-order valence-corrected chi connectivity index (χ1v) is 10.1. The number of hydrogen-bond acceptors (Lipinski definition) is 5. The van der Waals surface area contributed by atoms with Gasteiger partial charge in [0.1, 0.15) is 11.1 Å². The second-order valence-corrected chi connectivity index (χ2v) is 7.13. The number of nitrogens with zero attached hydrogens (tertiary/aromatic N) is 4. The van der Waals surface area contributed by atoms with Gasteiger partial charge < -0.3 is 10.1 Å². The van der Waals surface area contributed by atoms with Gasteiger partial charge in [0.05, 0.1) is 24.8 Å². The molecule has 4 rings (SSSR count). The molecule has 31 heavy (non-hydrogen) atoms. The summed E-state index contributed by atoms with van der Waals surface area (Å²) in [7, 11) is 0. The Kier molecular flexibility index (Phi) is 5.79. The van der Waals surface area contributed by atoms with Gasteiger partial charge in [-0.05, 0) is 50.2 Å². The topological polar surface area (TPSA) is 91.0 Å². The molecule has 0 aliphatic rings. The summed E-state index contributed by atoms with van der Waals surface area (Å²) in [4.78, 5) is 29.5. The van der Waals surface area contributed by atoms with Crippen molar-refractivity contribution in [1.82, 2.24) is 19.3 Å². The number of anilines is 1. The van der Waals surface area contributed by atoms with Gasteiger partial charge in [0.2, 0.25) is 5.91 Å². The number of carbonyl (C=O) groups is 1. The Morgan fingerprint density at radius 1 is 1.10 bits per heavy atom. The SMILES string of the molecule is CCOc1ccc(NC(=O)CCn2cnc3c(cnn3-c3ccc(C)cc3)c2=O)cc1. The molecule has 0 saturated carbocycles. The smallest absolute Gasteiger partial charge is 0.264 e. The van der Waals surface area contributed by atoms with Crippen molar-refractivity contribution in [2.45, 2.75) is 26.8 Å². The van der Waals surface area contributed by atoms with Crippen molar-refractivity contribution in [3.8, 4) is 11.4 Å². The molecule has 0 spiro atoms. The quantitative estimate of drug-likeness (QED) is 0.498. The predicted molar refractivity (Wildman–Crippen MR) is 119 cm³/mol. The molecule has 0 unspecified atom stereocenters. The third-order valence-electron chi connectivity index (χ3n) is 4.86. The van der Waals surface area contributed by atoms with Crippen LogP contribution >= 0.6 is 0 Å². The van der Waals surface area contributed by atoms with Crippen LogP contribution in [0.5, 0.6) is 5.75 Å². The lowest BCUT2D eigenvalue weighted by Crippen LogP contribution is -2.23. The summed E-state index contributed by atoms with van der Waals surface area (Å²) < 4.78 is 8.46. The average molecular weight is 417 g/mol. The van der Waals surface area contributed by atoms with Crippen molar-refractivity contribution in [3.05, 3.63) is 77.0 Å². The van der Waals surface area contributed by atoms with E-state index in [0.29, 0.717) is 23.3 Å². The van der Waals surface area contributed by atoms with Crippen LogP contribution in [0, 0.1) is 6.92 Å². The Morgan fingerprint density at radius 3 is 2.55 bits per heavy atom. The van der Waals surface area contributed by atoms with Gasteiger partial charge in [0.25, 0.3) is 5.56 Å². The lowest BCUT2D eigenvalue weighted by atomic mass is 10.2. The lowest BCUT2D eigenvalue weighted by molar-refractivity contribution is -0.116. The number of hydrogen-bond donors (Lipinski definition) is 1. The Hall–Kier alpha value is -3.94. The van der Waals surface area contributed by atoms with Crippen LogP contribution in [-0.4, -0.2) is 31.8 Å². The Labute approximate surface area is 179 Å². The van der Waals surface area contributed by atoms with Crippen molar-refractivity contribution in [2.24, 2.45) is 0 Å². The summed E-state index contributed by atoms with van der Waals surface area (Å²) in [5, 5.41) is 7.55. The molecule has 1 N–H and O–H groups in total. The van der Waals surface area contributed by atoms with E-state index in [2.05, 4.69) is 15.4 Å². The van der Waals surface area contributed by atoms with Gasteiger partial charge in [-0.15, -0.1) is 0 Å². The zero-order chi connectivity index (χ0) is 21.8. The van der Waals surface area contributed by atoms with E-state index in [9.17, 15) is 9.59 Å². The van der Waals surface area contributed by atoms with E-state index in [0.717, 1.165) is 17.0 Å². The van der Waals surface area contributed by atoms with E-state index < -0.39 is 0 Å². The first-order chi connectivity index (χ1) is 15.0. The van der Waals surface area contributed by atoms with Crippen LogP contribution in [0.1, 0.15) is 18.9 Å². The molecule has 0 atom stereocenters. The number of ether oxygens (including phenoxy) is 1. The van der Waals surface area contributed by atoms with Crippen LogP contribution in [0.4, 0.5) is 5.69 Å². The Bertz CT molecular complexity index is 1260. The Morgan fingerprint density at radius 2 is 1.84 bits per heavy atom. The molecule has 4 aromatic rings. The van der Waals surface area contributed by atoms with Crippen LogP contribution in [-0.2, 0) is 11.3 Å². The monoisotopic (exact) mass is 417 g/mol. The third kappa shape index (κ3) is 4.48. The predicted octanol–water partition coefficient (Wildman–Crippen LogP) is 3.32. The van der Waals surface area contributed by atoms with Gasteiger partial charge in [-0.2, -0.15) is 5.10 Å². The van der Waals surface area contributed by atoms with Crippen molar-refractivity contribution in [2.75, 3.05) is 11.9 Å². The van der Waals surface area contributed by atoms with Crippen molar-refractivity contribution in [3.63, 3.8) is 0 Å². The first kappa shape index (κ1) is 20.3. The molecule has 8 heteroatoms. The number of aryl methyl sites for hydroxylation is 2. The summed E-state index contributed by atoms with van der Waals surface area (Å²) in [6, 6.07) is 15.0. The van der Waals surface area contributed by atoms with E-state index in [4.69, 9.17) is 4.74 Å². The fourth-order valence-electron chi connectivity index (χ4n) is 3.23. The van der Waals surface area contributed by atoms with E-state index in [-0.39, 0.29) is 24.4 Å². The summed E-state index contributed by atoms with van der Waals surface area (Å²) in [6.45, 7) is 4.73. The molecule has 0 radical (unpaired) electrons. The normalized spacial score (nSPS) is 10.9. The van der Waals surface area contributed by atoms with Crippen LogP contribution in [0.25, 0.3) is 16.7 Å². The fourth-order valence-corrected chi connectivity index (χ4v) is 3.23. The maximum atomic E-state index is 12.8. The van der Waals surface area contributed by atoms with Crippen LogP contribution < -0.4 is 15.6 Å². The highest BCUT2D eigenvalue weighted by molar-refractivity contribution is 5.90. The number of benzene rings is 2. The van der Waals surface area contributed by atoms with Gasteiger partial charge in [-0.1, -0.05) is 17.7 Å². The minimum absolute atomic E-state index is 0.145. The molecule has 0 aliphatic carbocycles. The second kappa shape index (κ2) is 8.83. The third-order valence-corrected chi connectivity index (χ3v) is 4.86. The van der Waals surface area contributed by atoms with Crippen LogP contribution in [0.3, 0.4) is 0 Å². The molecule has 0 fully saturated rings. The van der Waals surface area contributed by atoms with Gasteiger partial charge in [0.15, 0.2) is 5.65 Å². The van der Waals surface area contributed by atoms with Crippen LogP contribution in [0.15, 0.2) is 65.8 Å². The number of nitrogens with one attached hydrogen (secondary N) is 1. The second-order valence-electron chi connectivity index (χ2n) is 7.13. The molecular weight excluding hydrogens is 394 g/mol. The van der Waals surface area contributed by atoms with Gasteiger partial charge >= 0.3 is 0 Å². The molecular formula is C23H23N5O3. The van der Waals surface area contributed by atoms with Crippen molar-refractivity contribution >= 4 is 22.6 Å². The zero-order valence-electron chi connectivity index (χ0n) is 17.4. The maximum Gasteiger partial charge on any atom is 0.264 e. The molecule has 0 aliphatic heterocycles. The number of fused-ring (bicyclic) bond motifs is 1. The summed E-state index contributed by atoms with van der Waals surface area (Å²) in [5.41, 5.74) is 2.91. The minimum atomic E-state index is -0.225. The largest absolute Gasteiger partial charge is 0.494 e. The lowest BCUT2D eigenvalue weighted by Gasteiger charge is -2.08. The number of carbonyl (C=O) groups excluding carboxylic acids is 1. The Balaban J connectivity index is 1.45. The molecule has 0 saturated heterocycles. The van der Waals surface area contributed by atoms with Crippen LogP contribution in [0.2, 0.25) is 0 Å². The average Bonchev–Trinajstić information content (AvgIpc) is 3.20. The van der Waals surface area contributed by atoms with E-state index in [1.807, 2.05) is 38.1 Å². The highest BCUT2D eigenvalue weighted by Crippen LogP contribution is 2.16. The highest BCUT2D eigenvalue weighted by atomic mass is 16.5.